The maximum absolute atomic E-state index is 12.5. The van der Waals surface area contributed by atoms with E-state index in [1.165, 1.54) is 0 Å². The van der Waals surface area contributed by atoms with Crippen LogP contribution >= 0.6 is 11.3 Å². The number of para-hydroxylation sites is 1. The molecule has 114 valence electrons. The Labute approximate surface area is 137 Å². The number of hydrogen-bond acceptors (Lipinski definition) is 4. The molecule has 0 aliphatic rings. The van der Waals surface area contributed by atoms with Crippen molar-refractivity contribution in [1.29, 1.82) is 0 Å². The van der Waals surface area contributed by atoms with Crippen molar-refractivity contribution in [3.05, 3.63) is 58.8 Å². The summed E-state index contributed by atoms with van der Waals surface area (Å²) in [6.07, 6.45) is 0. The predicted octanol–water partition coefficient (Wildman–Crippen LogP) is 3.87. The summed E-state index contributed by atoms with van der Waals surface area (Å²) in [7, 11) is 3.93. The second kappa shape index (κ2) is 5.21. The van der Waals surface area contributed by atoms with Gasteiger partial charge in [-0.2, -0.15) is 0 Å². The molecule has 0 aliphatic heterocycles. The van der Waals surface area contributed by atoms with Crippen LogP contribution in [0, 0.1) is 0 Å². The lowest BCUT2D eigenvalue weighted by atomic mass is 10.1. The van der Waals surface area contributed by atoms with Gasteiger partial charge in [0.15, 0.2) is 5.43 Å². The van der Waals surface area contributed by atoms with Gasteiger partial charge in [0.05, 0.1) is 15.9 Å². The van der Waals surface area contributed by atoms with Crippen LogP contribution < -0.4 is 10.3 Å². The lowest BCUT2D eigenvalue weighted by Gasteiger charge is -2.13. The summed E-state index contributed by atoms with van der Waals surface area (Å²) in [6.45, 7) is 0. The predicted molar refractivity (Wildman–Crippen MR) is 97.5 cm³/mol. The number of benzene rings is 2. The first-order valence-electron chi connectivity index (χ1n) is 7.32. The number of rotatable bonds is 2. The lowest BCUT2D eigenvalue weighted by Crippen LogP contribution is -2.10. The summed E-state index contributed by atoms with van der Waals surface area (Å²) >= 11 is 1.59. The van der Waals surface area contributed by atoms with Crippen LogP contribution in [0.1, 0.15) is 0 Å². The summed E-state index contributed by atoms with van der Waals surface area (Å²) in [4.78, 5) is 22.4. The number of nitrogens with zero attached hydrogens (tertiary/aromatic N) is 2. The second-order valence-corrected chi connectivity index (χ2v) is 6.69. The van der Waals surface area contributed by atoms with Gasteiger partial charge in [-0.15, -0.1) is 11.3 Å². The van der Waals surface area contributed by atoms with Crippen LogP contribution in [-0.2, 0) is 0 Å². The average molecular weight is 321 g/mol. The topological polar surface area (TPSA) is 49.0 Å². The molecule has 4 aromatic rings. The van der Waals surface area contributed by atoms with Gasteiger partial charge in [-0.1, -0.05) is 12.1 Å². The zero-order valence-electron chi connectivity index (χ0n) is 12.8. The first kappa shape index (κ1) is 14.0. The number of pyridine rings is 1. The first-order valence-corrected chi connectivity index (χ1v) is 8.14. The third kappa shape index (κ3) is 2.39. The molecule has 0 radical (unpaired) electrons. The Balaban J connectivity index is 1.91. The molecule has 0 atom stereocenters. The van der Waals surface area contributed by atoms with E-state index < -0.39 is 0 Å². The number of nitrogens with one attached hydrogen (secondary N) is 1. The number of H-pyrrole nitrogens is 1. The molecule has 0 bridgehead atoms. The maximum atomic E-state index is 12.5. The molecule has 0 saturated heterocycles. The first-order chi connectivity index (χ1) is 11.1. The summed E-state index contributed by atoms with van der Waals surface area (Å²) in [5, 5.41) is 1.53. The fourth-order valence-electron chi connectivity index (χ4n) is 2.62. The minimum Gasteiger partial charge on any atom is -0.378 e. The zero-order valence-corrected chi connectivity index (χ0v) is 13.6. The van der Waals surface area contributed by atoms with Crippen molar-refractivity contribution in [2.45, 2.75) is 0 Å². The molecule has 0 amide bonds. The number of hydrogen-bond donors (Lipinski definition) is 1. The molecular formula is C18H15N3OS. The van der Waals surface area contributed by atoms with Crippen molar-refractivity contribution in [3.8, 4) is 10.7 Å². The summed E-state index contributed by atoms with van der Waals surface area (Å²) in [6, 6.07) is 15.5. The number of aromatic nitrogens is 2. The van der Waals surface area contributed by atoms with Crippen LogP contribution in [0.15, 0.2) is 53.3 Å². The number of thiazole rings is 1. The van der Waals surface area contributed by atoms with Gasteiger partial charge in [0.25, 0.3) is 0 Å². The van der Waals surface area contributed by atoms with Gasteiger partial charge in [-0.05, 0) is 30.3 Å². The van der Waals surface area contributed by atoms with Crippen LogP contribution in [0.5, 0.6) is 0 Å². The molecule has 0 fully saturated rings. The van der Waals surface area contributed by atoms with Gasteiger partial charge >= 0.3 is 0 Å². The monoisotopic (exact) mass is 321 g/mol. The van der Waals surface area contributed by atoms with Gasteiger partial charge in [-0.25, -0.2) is 4.98 Å². The highest BCUT2D eigenvalue weighted by atomic mass is 32.1. The highest BCUT2D eigenvalue weighted by Gasteiger charge is 2.10. The van der Waals surface area contributed by atoms with Crippen LogP contribution in [0.25, 0.3) is 31.8 Å². The van der Waals surface area contributed by atoms with E-state index in [9.17, 15) is 4.79 Å². The smallest absolute Gasteiger partial charge is 0.190 e. The molecule has 0 saturated carbocycles. The van der Waals surface area contributed by atoms with E-state index >= 15 is 0 Å². The van der Waals surface area contributed by atoms with E-state index in [2.05, 4.69) is 9.97 Å². The highest BCUT2D eigenvalue weighted by Crippen LogP contribution is 2.29. The van der Waals surface area contributed by atoms with E-state index in [0.29, 0.717) is 5.39 Å². The van der Waals surface area contributed by atoms with Crippen molar-refractivity contribution in [3.63, 3.8) is 0 Å². The largest absolute Gasteiger partial charge is 0.378 e. The Bertz CT molecular complexity index is 1050. The molecule has 0 unspecified atom stereocenters. The third-order valence-electron chi connectivity index (χ3n) is 3.85. The van der Waals surface area contributed by atoms with Gasteiger partial charge in [0, 0.05) is 36.8 Å². The van der Waals surface area contributed by atoms with Gasteiger partial charge in [-0.3, -0.25) is 4.79 Å². The molecule has 2 heterocycles. The summed E-state index contributed by atoms with van der Waals surface area (Å²) < 4.78 is 1.12. The minimum atomic E-state index is 0.0108. The zero-order chi connectivity index (χ0) is 16.0. The maximum Gasteiger partial charge on any atom is 0.190 e. The fourth-order valence-corrected chi connectivity index (χ4v) is 3.55. The molecular weight excluding hydrogens is 306 g/mol. The molecule has 4 rings (SSSR count). The Morgan fingerprint density at radius 3 is 2.70 bits per heavy atom. The summed E-state index contributed by atoms with van der Waals surface area (Å²) in [5.74, 6) is 0. The number of fused-ring (bicyclic) bond motifs is 2. The Morgan fingerprint density at radius 2 is 1.91 bits per heavy atom. The Morgan fingerprint density at radius 1 is 1.09 bits per heavy atom. The van der Waals surface area contributed by atoms with Gasteiger partial charge in [0.1, 0.15) is 5.01 Å². The standard InChI is InChI=1S/C18H15N3OS/c1-21(2)11-7-8-13-12(9-11)16(22)10-15(19-13)18-20-14-5-3-4-6-17(14)23-18/h3-10H,1-2H3,(H,19,22). The van der Waals surface area contributed by atoms with Crippen LogP contribution in [0.3, 0.4) is 0 Å². The van der Waals surface area contributed by atoms with Crippen LogP contribution in [0.4, 0.5) is 5.69 Å². The second-order valence-electron chi connectivity index (χ2n) is 5.66. The molecule has 4 nitrogen and oxygen atoms in total. The SMILES string of the molecule is CN(C)c1ccc2[nH]c(-c3nc4ccccc4s3)cc(=O)c2c1. The van der Waals surface area contributed by atoms with Crippen LogP contribution in [0.2, 0.25) is 0 Å². The van der Waals surface area contributed by atoms with Crippen LogP contribution in [-0.4, -0.2) is 24.1 Å². The quantitative estimate of drug-likeness (QED) is 0.610. The van der Waals surface area contributed by atoms with E-state index in [0.717, 1.165) is 32.1 Å². The third-order valence-corrected chi connectivity index (χ3v) is 4.92. The van der Waals surface area contributed by atoms with Crippen molar-refractivity contribution in [2.75, 3.05) is 19.0 Å². The van der Waals surface area contributed by atoms with Gasteiger partial charge in [0.2, 0.25) is 0 Å². The van der Waals surface area contributed by atoms with Crippen molar-refractivity contribution in [1.82, 2.24) is 9.97 Å². The Kier molecular flexibility index (Phi) is 3.16. The molecule has 23 heavy (non-hydrogen) atoms. The molecule has 2 aromatic heterocycles. The van der Waals surface area contributed by atoms with Crippen molar-refractivity contribution >= 4 is 38.1 Å². The molecule has 0 spiro atoms. The van der Waals surface area contributed by atoms with Gasteiger partial charge < -0.3 is 9.88 Å². The molecule has 5 heteroatoms. The Hall–Kier alpha value is -2.66. The molecule has 0 aliphatic carbocycles. The fraction of sp³-hybridized carbons (Fsp3) is 0.111. The van der Waals surface area contributed by atoms with E-state index in [-0.39, 0.29) is 5.43 Å². The number of aromatic amines is 1. The molecule has 2 aromatic carbocycles. The minimum absolute atomic E-state index is 0.0108. The number of anilines is 1. The lowest BCUT2D eigenvalue weighted by molar-refractivity contribution is 1.13. The normalized spacial score (nSPS) is 11.2. The van der Waals surface area contributed by atoms with E-state index in [4.69, 9.17) is 0 Å². The molecule has 1 N–H and O–H groups in total. The summed E-state index contributed by atoms with van der Waals surface area (Å²) in [5.41, 5.74) is 3.57. The van der Waals surface area contributed by atoms with Crippen molar-refractivity contribution in [2.24, 2.45) is 0 Å². The van der Waals surface area contributed by atoms with E-state index in [1.54, 1.807) is 17.4 Å². The average Bonchev–Trinajstić information content (AvgIpc) is 2.98. The highest BCUT2D eigenvalue weighted by molar-refractivity contribution is 7.21. The van der Waals surface area contributed by atoms with Crippen molar-refractivity contribution < 1.29 is 0 Å². The van der Waals surface area contributed by atoms with E-state index in [1.807, 2.05) is 61.5 Å².